The second kappa shape index (κ2) is 8.58. The molecule has 0 saturated heterocycles. The van der Waals surface area contributed by atoms with Crippen molar-refractivity contribution in [1.82, 2.24) is 9.88 Å². The summed E-state index contributed by atoms with van der Waals surface area (Å²) in [6, 6.07) is 3.75. The SMILES string of the molecule is C/C=C(/C=C1\OC(C)=C(C(=O)OCCN(C)C)C1=O)c1cccnc1C. The molecule has 0 fully saturated rings. The molecule has 0 N–H and O–H groups in total. The van der Waals surface area contributed by atoms with E-state index >= 15 is 0 Å². The minimum atomic E-state index is -0.655. The lowest BCUT2D eigenvalue weighted by Gasteiger charge is -2.09. The Kier molecular flexibility index (Phi) is 6.46. The standard InChI is InChI=1S/C20H24N2O4/c1-6-15(16-8-7-9-21-13(16)2)12-17-19(23)18(14(3)26-17)20(24)25-11-10-22(4)5/h6-9,12H,10-11H2,1-5H3/b15-6-,17-12-. The number of ketones is 1. The normalized spacial score (nSPS) is 16.5. The number of Topliss-reactive ketones (excluding diaryl/α,β-unsaturated/α-hetero) is 1. The van der Waals surface area contributed by atoms with Gasteiger partial charge in [-0.05, 0) is 52.6 Å². The third-order valence-corrected chi connectivity index (χ3v) is 3.96. The molecule has 0 amide bonds. The molecule has 2 rings (SSSR count). The van der Waals surface area contributed by atoms with Crippen LogP contribution >= 0.6 is 0 Å². The van der Waals surface area contributed by atoms with Crippen LogP contribution < -0.4 is 0 Å². The summed E-state index contributed by atoms with van der Waals surface area (Å²) < 4.78 is 10.7. The number of carbonyl (C=O) groups excluding carboxylic acids is 2. The van der Waals surface area contributed by atoms with Gasteiger partial charge in [-0.25, -0.2) is 4.79 Å². The first-order chi connectivity index (χ1) is 12.3. The lowest BCUT2D eigenvalue weighted by atomic mass is 10.0. The fourth-order valence-electron chi connectivity index (χ4n) is 2.52. The Bertz CT molecular complexity index is 804. The van der Waals surface area contributed by atoms with Crippen LogP contribution in [0.2, 0.25) is 0 Å². The van der Waals surface area contributed by atoms with Crippen LogP contribution in [0.4, 0.5) is 0 Å². The van der Waals surface area contributed by atoms with E-state index in [4.69, 9.17) is 9.47 Å². The van der Waals surface area contributed by atoms with E-state index in [1.807, 2.05) is 51.1 Å². The van der Waals surface area contributed by atoms with Crippen molar-refractivity contribution in [2.75, 3.05) is 27.2 Å². The summed E-state index contributed by atoms with van der Waals surface area (Å²) in [5, 5.41) is 0. The van der Waals surface area contributed by atoms with Gasteiger partial charge in [-0.15, -0.1) is 0 Å². The molecule has 26 heavy (non-hydrogen) atoms. The molecule has 0 spiro atoms. The van der Waals surface area contributed by atoms with E-state index in [1.165, 1.54) is 0 Å². The number of aryl methyl sites for hydroxylation is 1. The number of hydrogen-bond acceptors (Lipinski definition) is 6. The van der Waals surface area contributed by atoms with Crippen LogP contribution in [0, 0.1) is 6.92 Å². The number of rotatable bonds is 6. The molecular formula is C20H24N2O4. The second-order valence-corrected chi connectivity index (χ2v) is 6.19. The van der Waals surface area contributed by atoms with Crippen LogP contribution in [0.1, 0.15) is 25.1 Å². The number of ether oxygens (including phenoxy) is 2. The molecule has 1 aliphatic heterocycles. The molecule has 6 heteroatoms. The van der Waals surface area contributed by atoms with Crippen molar-refractivity contribution in [2.24, 2.45) is 0 Å². The Hall–Kier alpha value is -2.73. The van der Waals surface area contributed by atoms with Crippen molar-refractivity contribution < 1.29 is 19.1 Å². The second-order valence-electron chi connectivity index (χ2n) is 6.19. The molecule has 0 aliphatic carbocycles. The summed E-state index contributed by atoms with van der Waals surface area (Å²) in [5.41, 5.74) is 2.50. The minimum absolute atomic E-state index is 0.0478. The van der Waals surface area contributed by atoms with E-state index in [9.17, 15) is 9.59 Å². The van der Waals surface area contributed by atoms with Gasteiger partial charge >= 0.3 is 5.97 Å². The molecule has 6 nitrogen and oxygen atoms in total. The molecule has 138 valence electrons. The van der Waals surface area contributed by atoms with Crippen LogP contribution in [0.25, 0.3) is 5.57 Å². The van der Waals surface area contributed by atoms with Crippen LogP contribution in [0.3, 0.4) is 0 Å². The maximum atomic E-state index is 12.6. The van der Waals surface area contributed by atoms with Crippen molar-refractivity contribution in [2.45, 2.75) is 20.8 Å². The number of esters is 1. The molecule has 0 radical (unpaired) electrons. The van der Waals surface area contributed by atoms with Gasteiger partial charge in [0.1, 0.15) is 17.9 Å². The molecule has 0 atom stereocenters. The highest BCUT2D eigenvalue weighted by atomic mass is 16.5. The highest BCUT2D eigenvalue weighted by Crippen LogP contribution is 2.29. The summed E-state index contributed by atoms with van der Waals surface area (Å²) in [7, 11) is 3.75. The summed E-state index contributed by atoms with van der Waals surface area (Å²) in [4.78, 5) is 31.0. The van der Waals surface area contributed by atoms with Crippen molar-refractivity contribution in [3.63, 3.8) is 0 Å². The van der Waals surface area contributed by atoms with Crippen LogP contribution in [-0.2, 0) is 19.1 Å². The monoisotopic (exact) mass is 356 g/mol. The fraction of sp³-hybridized carbons (Fsp3) is 0.350. The van der Waals surface area contributed by atoms with E-state index in [1.54, 1.807) is 19.2 Å². The van der Waals surface area contributed by atoms with E-state index in [0.29, 0.717) is 6.54 Å². The zero-order valence-electron chi connectivity index (χ0n) is 15.8. The highest BCUT2D eigenvalue weighted by Gasteiger charge is 2.34. The van der Waals surface area contributed by atoms with Crippen LogP contribution in [0.5, 0.6) is 0 Å². The maximum Gasteiger partial charge on any atom is 0.345 e. The summed E-state index contributed by atoms with van der Waals surface area (Å²) in [6.07, 6.45) is 5.22. The average molecular weight is 356 g/mol. The number of pyridine rings is 1. The largest absolute Gasteiger partial charge is 0.461 e. The van der Waals surface area contributed by atoms with E-state index < -0.39 is 11.8 Å². The number of carbonyl (C=O) groups is 2. The summed E-state index contributed by atoms with van der Waals surface area (Å²) in [5.74, 6) is -0.747. The number of hydrogen-bond donors (Lipinski definition) is 0. The molecule has 0 unspecified atom stereocenters. The van der Waals surface area contributed by atoms with Gasteiger partial charge in [0.15, 0.2) is 5.76 Å². The molecular weight excluding hydrogens is 332 g/mol. The Morgan fingerprint density at radius 2 is 2.08 bits per heavy atom. The van der Waals surface area contributed by atoms with E-state index in [-0.39, 0.29) is 23.7 Å². The van der Waals surface area contributed by atoms with E-state index in [2.05, 4.69) is 4.98 Å². The Labute approximate surface area is 153 Å². The van der Waals surface area contributed by atoms with Crippen molar-refractivity contribution in [3.8, 4) is 0 Å². The molecule has 1 aromatic rings. The number of allylic oxidation sites excluding steroid dienone is 5. The summed E-state index contributed by atoms with van der Waals surface area (Å²) in [6.45, 7) is 6.15. The first kappa shape index (κ1) is 19.6. The quantitative estimate of drug-likeness (QED) is 0.443. The van der Waals surface area contributed by atoms with E-state index in [0.717, 1.165) is 16.8 Å². The Morgan fingerprint density at radius 1 is 1.35 bits per heavy atom. The van der Waals surface area contributed by atoms with Gasteiger partial charge in [0.05, 0.1) is 0 Å². The van der Waals surface area contributed by atoms with Crippen molar-refractivity contribution in [3.05, 3.63) is 58.8 Å². The molecule has 0 saturated carbocycles. The topological polar surface area (TPSA) is 68.7 Å². The average Bonchev–Trinajstić information content (AvgIpc) is 2.86. The third kappa shape index (κ3) is 4.46. The fourth-order valence-corrected chi connectivity index (χ4v) is 2.52. The van der Waals surface area contributed by atoms with Gasteiger partial charge in [-0.2, -0.15) is 0 Å². The number of aromatic nitrogens is 1. The lowest BCUT2D eigenvalue weighted by molar-refractivity contribution is -0.140. The minimum Gasteiger partial charge on any atom is -0.461 e. The van der Waals surface area contributed by atoms with Crippen LogP contribution in [-0.4, -0.2) is 48.9 Å². The predicted octanol–water partition coefficient (Wildman–Crippen LogP) is 2.66. The third-order valence-electron chi connectivity index (χ3n) is 3.96. The first-order valence-electron chi connectivity index (χ1n) is 8.40. The van der Waals surface area contributed by atoms with Gasteiger partial charge in [0, 0.05) is 24.0 Å². The Balaban J connectivity index is 2.19. The van der Waals surface area contributed by atoms with Gasteiger partial charge in [0.25, 0.3) is 0 Å². The molecule has 0 bridgehead atoms. The number of likely N-dealkylation sites (N-methyl/N-ethyl adjacent to an activating group) is 1. The first-order valence-corrected chi connectivity index (χ1v) is 8.40. The predicted molar refractivity (Wildman–Crippen MR) is 99.0 cm³/mol. The molecule has 0 aromatic carbocycles. The van der Waals surface area contributed by atoms with Crippen molar-refractivity contribution >= 4 is 17.3 Å². The van der Waals surface area contributed by atoms with Crippen molar-refractivity contribution in [1.29, 1.82) is 0 Å². The van der Waals surface area contributed by atoms with Crippen LogP contribution in [0.15, 0.2) is 47.6 Å². The zero-order chi connectivity index (χ0) is 19.3. The van der Waals surface area contributed by atoms with Gasteiger partial charge in [0.2, 0.25) is 5.78 Å². The molecule has 2 heterocycles. The smallest absolute Gasteiger partial charge is 0.345 e. The lowest BCUT2D eigenvalue weighted by Crippen LogP contribution is -2.22. The van der Waals surface area contributed by atoms with Gasteiger partial charge < -0.3 is 14.4 Å². The zero-order valence-corrected chi connectivity index (χ0v) is 15.8. The molecule has 1 aliphatic rings. The highest BCUT2D eigenvalue weighted by molar-refractivity contribution is 6.25. The summed E-state index contributed by atoms with van der Waals surface area (Å²) >= 11 is 0. The number of nitrogens with zero attached hydrogens (tertiary/aromatic N) is 2. The van der Waals surface area contributed by atoms with Gasteiger partial charge in [-0.3, -0.25) is 9.78 Å². The Morgan fingerprint density at radius 3 is 2.69 bits per heavy atom. The van der Waals surface area contributed by atoms with Gasteiger partial charge in [-0.1, -0.05) is 12.1 Å². The maximum absolute atomic E-state index is 12.6. The molecule has 1 aromatic heterocycles.